The molecule has 2 heterocycles. The lowest BCUT2D eigenvalue weighted by molar-refractivity contribution is 0.608. The van der Waals surface area contributed by atoms with Crippen LogP contribution < -0.4 is 0 Å². The molecule has 1 N–H and O–H groups in total. The number of nitrogens with zero attached hydrogens (tertiary/aromatic N) is 3. The van der Waals surface area contributed by atoms with Gasteiger partial charge in [0.1, 0.15) is 12.2 Å². The van der Waals surface area contributed by atoms with Crippen molar-refractivity contribution in [2.75, 3.05) is 0 Å². The van der Waals surface area contributed by atoms with Gasteiger partial charge in [-0.15, -0.1) is 0 Å². The maximum Gasteiger partial charge on any atom is 0.137 e. The Morgan fingerprint density at radius 3 is 2.60 bits per heavy atom. The zero-order valence-corrected chi connectivity index (χ0v) is 9.20. The van der Waals surface area contributed by atoms with Gasteiger partial charge in [0.05, 0.1) is 0 Å². The molecule has 0 saturated heterocycles. The summed E-state index contributed by atoms with van der Waals surface area (Å²) in [4.78, 5) is 4.10. The van der Waals surface area contributed by atoms with Crippen LogP contribution in [0.1, 0.15) is 23.6 Å². The summed E-state index contributed by atoms with van der Waals surface area (Å²) in [5.74, 6) is 0.970. The molecular weight excluding hydrogens is 188 g/mol. The molecule has 0 bridgehead atoms. The highest BCUT2D eigenvalue weighted by Gasteiger charge is 2.01. The molecule has 0 saturated carbocycles. The van der Waals surface area contributed by atoms with Gasteiger partial charge in [0.2, 0.25) is 0 Å². The fourth-order valence-electron chi connectivity index (χ4n) is 1.81. The first kappa shape index (κ1) is 9.96. The maximum atomic E-state index is 4.10. The fourth-order valence-corrected chi connectivity index (χ4v) is 1.81. The first-order chi connectivity index (χ1) is 7.27. The lowest BCUT2D eigenvalue weighted by Crippen LogP contribution is -2.03. The van der Waals surface area contributed by atoms with Gasteiger partial charge in [-0.1, -0.05) is 0 Å². The van der Waals surface area contributed by atoms with Crippen LogP contribution in [-0.4, -0.2) is 19.7 Å². The van der Waals surface area contributed by atoms with E-state index in [0.29, 0.717) is 0 Å². The number of aryl methyl sites for hydroxylation is 3. The van der Waals surface area contributed by atoms with E-state index < -0.39 is 0 Å². The standard InChI is InChI=1S/C11H16N4/c1-9-5-6-10(2)15(9)7-3-4-11-12-8-13-14-11/h5-6,8H,3-4,7H2,1-2H3,(H,12,13,14). The molecule has 0 atom stereocenters. The average Bonchev–Trinajstić information content (AvgIpc) is 2.82. The molecule has 0 aliphatic rings. The molecule has 2 aromatic rings. The fraction of sp³-hybridized carbons (Fsp3) is 0.455. The van der Waals surface area contributed by atoms with Crippen molar-refractivity contribution in [3.05, 3.63) is 35.7 Å². The van der Waals surface area contributed by atoms with Crippen LogP contribution in [0.15, 0.2) is 18.5 Å². The minimum Gasteiger partial charge on any atom is -0.349 e. The topological polar surface area (TPSA) is 46.5 Å². The second kappa shape index (κ2) is 4.29. The minimum absolute atomic E-state index is 0.955. The van der Waals surface area contributed by atoms with Crippen molar-refractivity contribution in [2.24, 2.45) is 0 Å². The van der Waals surface area contributed by atoms with Gasteiger partial charge >= 0.3 is 0 Å². The van der Waals surface area contributed by atoms with E-state index in [1.165, 1.54) is 11.4 Å². The molecule has 0 fully saturated rings. The van der Waals surface area contributed by atoms with Crippen molar-refractivity contribution in [2.45, 2.75) is 33.2 Å². The Labute approximate surface area is 89.3 Å². The van der Waals surface area contributed by atoms with Crippen molar-refractivity contribution in [1.29, 1.82) is 0 Å². The Balaban J connectivity index is 1.89. The van der Waals surface area contributed by atoms with Gasteiger partial charge in [0, 0.05) is 24.4 Å². The molecule has 0 aliphatic heterocycles. The van der Waals surface area contributed by atoms with Gasteiger partial charge in [0.25, 0.3) is 0 Å². The third kappa shape index (κ3) is 2.26. The van der Waals surface area contributed by atoms with Crippen molar-refractivity contribution in [3.63, 3.8) is 0 Å². The van der Waals surface area contributed by atoms with Gasteiger partial charge in [-0.3, -0.25) is 5.10 Å². The van der Waals surface area contributed by atoms with E-state index in [1.807, 2.05) is 0 Å². The lowest BCUT2D eigenvalue weighted by Gasteiger charge is -2.07. The van der Waals surface area contributed by atoms with Crippen molar-refractivity contribution < 1.29 is 0 Å². The van der Waals surface area contributed by atoms with E-state index in [0.717, 1.165) is 25.2 Å². The molecule has 80 valence electrons. The van der Waals surface area contributed by atoms with Crippen LogP contribution in [-0.2, 0) is 13.0 Å². The van der Waals surface area contributed by atoms with Crippen LogP contribution in [0, 0.1) is 13.8 Å². The molecule has 4 heteroatoms. The quantitative estimate of drug-likeness (QED) is 0.826. The monoisotopic (exact) mass is 204 g/mol. The van der Waals surface area contributed by atoms with Gasteiger partial charge in [0.15, 0.2) is 0 Å². The number of aromatic nitrogens is 4. The Hall–Kier alpha value is -1.58. The summed E-state index contributed by atoms with van der Waals surface area (Å²) >= 11 is 0. The Kier molecular flexibility index (Phi) is 2.85. The predicted octanol–water partition coefficient (Wildman–Crippen LogP) is 1.86. The number of H-pyrrole nitrogens is 1. The van der Waals surface area contributed by atoms with E-state index in [-0.39, 0.29) is 0 Å². The molecule has 0 aliphatic carbocycles. The van der Waals surface area contributed by atoms with Gasteiger partial charge in [-0.2, -0.15) is 5.10 Å². The summed E-state index contributed by atoms with van der Waals surface area (Å²) < 4.78 is 2.33. The van der Waals surface area contributed by atoms with Gasteiger partial charge in [-0.25, -0.2) is 4.98 Å². The Bertz CT molecular complexity index is 394. The zero-order valence-electron chi connectivity index (χ0n) is 9.20. The first-order valence-corrected chi connectivity index (χ1v) is 5.24. The zero-order chi connectivity index (χ0) is 10.7. The summed E-state index contributed by atoms with van der Waals surface area (Å²) in [6.45, 7) is 5.33. The van der Waals surface area contributed by atoms with Crippen LogP contribution >= 0.6 is 0 Å². The third-order valence-electron chi connectivity index (χ3n) is 2.68. The van der Waals surface area contributed by atoms with Crippen LogP contribution in [0.4, 0.5) is 0 Å². The van der Waals surface area contributed by atoms with E-state index in [1.54, 1.807) is 6.33 Å². The normalized spacial score (nSPS) is 10.8. The molecule has 0 aromatic carbocycles. The number of nitrogens with one attached hydrogen (secondary N) is 1. The summed E-state index contributed by atoms with van der Waals surface area (Å²) in [6.07, 6.45) is 3.60. The number of hydrogen-bond donors (Lipinski definition) is 1. The summed E-state index contributed by atoms with van der Waals surface area (Å²) in [5, 5.41) is 6.71. The molecule has 4 nitrogen and oxygen atoms in total. The van der Waals surface area contributed by atoms with E-state index in [4.69, 9.17) is 0 Å². The van der Waals surface area contributed by atoms with Crippen molar-refractivity contribution in [1.82, 2.24) is 19.7 Å². The largest absolute Gasteiger partial charge is 0.349 e. The van der Waals surface area contributed by atoms with Gasteiger partial charge < -0.3 is 4.57 Å². The molecule has 0 amide bonds. The lowest BCUT2D eigenvalue weighted by atomic mass is 10.3. The Morgan fingerprint density at radius 2 is 2.00 bits per heavy atom. The molecule has 2 rings (SSSR count). The highest BCUT2D eigenvalue weighted by molar-refractivity contribution is 5.13. The molecule has 0 radical (unpaired) electrons. The van der Waals surface area contributed by atoms with E-state index in [9.17, 15) is 0 Å². The average molecular weight is 204 g/mol. The van der Waals surface area contributed by atoms with Crippen LogP contribution in [0.5, 0.6) is 0 Å². The molecule has 15 heavy (non-hydrogen) atoms. The maximum absolute atomic E-state index is 4.10. The molecular formula is C11H16N4. The highest BCUT2D eigenvalue weighted by atomic mass is 15.2. The van der Waals surface area contributed by atoms with Crippen LogP contribution in [0.25, 0.3) is 0 Å². The van der Waals surface area contributed by atoms with Crippen LogP contribution in [0.3, 0.4) is 0 Å². The molecule has 2 aromatic heterocycles. The van der Waals surface area contributed by atoms with Crippen LogP contribution in [0.2, 0.25) is 0 Å². The van der Waals surface area contributed by atoms with E-state index in [2.05, 4.69) is 45.7 Å². The predicted molar refractivity (Wildman–Crippen MR) is 58.6 cm³/mol. The van der Waals surface area contributed by atoms with Gasteiger partial charge in [-0.05, 0) is 32.4 Å². The summed E-state index contributed by atoms with van der Waals surface area (Å²) in [6, 6.07) is 4.31. The van der Waals surface area contributed by atoms with Crippen molar-refractivity contribution >= 4 is 0 Å². The second-order valence-electron chi connectivity index (χ2n) is 3.80. The SMILES string of the molecule is Cc1ccc(C)n1CCCc1ncn[nH]1. The summed E-state index contributed by atoms with van der Waals surface area (Å²) in [5.41, 5.74) is 2.65. The molecule has 0 spiro atoms. The van der Waals surface area contributed by atoms with E-state index >= 15 is 0 Å². The Morgan fingerprint density at radius 1 is 1.27 bits per heavy atom. The number of aromatic amines is 1. The smallest absolute Gasteiger partial charge is 0.137 e. The second-order valence-corrected chi connectivity index (χ2v) is 3.80. The minimum atomic E-state index is 0.955. The first-order valence-electron chi connectivity index (χ1n) is 5.24. The summed E-state index contributed by atoms with van der Waals surface area (Å²) in [7, 11) is 0. The number of rotatable bonds is 4. The number of hydrogen-bond acceptors (Lipinski definition) is 2. The van der Waals surface area contributed by atoms with Crippen molar-refractivity contribution in [3.8, 4) is 0 Å². The third-order valence-corrected chi connectivity index (χ3v) is 2.68. The highest BCUT2D eigenvalue weighted by Crippen LogP contribution is 2.08. The molecule has 0 unspecified atom stereocenters.